The van der Waals surface area contributed by atoms with Crippen LogP contribution in [0, 0.1) is 11.3 Å². The summed E-state index contributed by atoms with van der Waals surface area (Å²) in [7, 11) is 0. The third-order valence-corrected chi connectivity index (χ3v) is 6.71. The third-order valence-electron chi connectivity index (χ3n) is 6.71. The maximum absolute atomic E-state index is 11.6. The van der Waals surface area contributed by atoms with E-state index in [1.54, 1.807) is 19.9 Å². The maximum Gasteiger partial charge on any atom is 0.159 e. The number of carbonyl (C=O) groups is 4. The first-order valence-corrected chi connectivity index (χ1v) is 12.7. The highest BCUT2D eigenvalue weighted by Gasteiger charge is 2.48. The van der Waals surface area contributed by atoms with Crippen molar-refractivity contribution in [3.8, 4) is 0 Å². The number of Topliss-reactive ketones (excluding diaryl/α,β-unsaturated/α-hetero) is 2. The number of aliphatic hydroxyl groups excluding tert-OH is 1. The summed E-state index contributed by atoms with van der Waals surface area (Å²) in [5, 5.41) is 9.81. The fourth-order valence-electron chi connectivity index (χ4n) is 5.06. The predicted molar refractivity (Wildman–Crippen MR) is 135 cm³/mol. The van der Waals surface area contributed by atoms with Crippen LogP contribution in [0.1, 0.15) is 65.7 Å². The average Bonchev–Trinajstić information content (AvgIpc) is 2.80. The lowest BCUT2D eigenvalue weighted by atomic mass is 9.62. The van der Waals surface area contributed by atoms with E-state index in [1.807, 2.05) is 6.08 Å². The van der Waals surface area contributed by atoms with E-state index in [0.29, 0.717) is 45.5 Å². The second-order valence-electron chi connectivity index (χ2n) is 9.82. The Morgan fingerprint density at radius 3 is 2.11 bits per heavy atom. The second-order valence-corrected chi connectivity index (χ2v) is 9.82. The Hall–Kier alpha value is -2.42. The van der Waals surface area contributed by atoms with Crippen molar-refractivity contribution in [2.75, 3.05) is 39.6 Å². The van der Waals surface area contributed by atoms with Crippen LogP contribution in [-0.4, -0.2) is 67.9 Å². The molecule has 0 radical (unpaired) electrons. The lowest BCUT2D eigenvalue weighted by Gasteiger charge is -2.43. The van der Waals surface area contributed by atoms with Crippen molar-refractivity contribution >= 4 is 23.1 Å². The van der Waals surface area contributed by atoms with Gasteiger partial charge in [-0.05, 0) is 64.4 Å². The van der Waals surface area contributed by atoms with Crippen molar-refractivity contribution < 1.29 is 38.5 Å². The van der Waals surface area contributed by atoms with Gasteiger partial charge < -0.3 is 19.3 Å². The molecule has 8 nitrogen and oxygen atoms in total. The summed E-state index contributed by atoms with van der Waals surface area (Å²) in [6, 6.07) is 0. The smallest absolute Gasteiger partial charge is 0.159 e. The molecule has 0 aromatic carbocycles. The Morgan fingerprint density at radius 2 is 1.58 bits per heavy atom. The normalized spacial score (nSPS) is 23.1. The molecule has 8 heteroatoms. The standard InChI is InChI=1S/C12H16O4.2C8H12O2/c1-8(13)11-10(15)6-9(14)7-12(11)2-4-16-5-3-12;2*1-7(9)6-8-2-4-10-5-3-8/h6,11,15H,2-5,7H2,1H3;6H,2-5H2,1H3;2H,3-6H2,1H3. The monoisotopic (exact) mass is 504 g/mol. The van der Waals surface area contributed by atoms with Crippen molar-refractivity contribution in [3.05, 3.63) is 35.1 Å². The lowest BCUT2D eigenvalue weighted by molar-refractivity contribution is -0.133. The van der Waals surface area contributed by atoms with Crippen LogP contribution in [0.15, 0.2) is 35.1 Å². The predicted octanol–water partition coefficient (Wildman–Crippen LogP) is 4.03. The van der Waals surface area contributed by atoms with Gasteiger partial charge in [0.1, 0.15) is 17.3 Å². The molecule has 2 fully saturated rings. The molecular weight excluding hydrogens is 464 g/mol. The summed E-state index contributed by atoms with van der Waals surface area (Å²) in [6.07, 6.45) is 10.0. The fourth-order valence-corrected chi connectivity index (χ4v) is 5.06. The molecule has 0 aromatic rings. The summed E-state index contributed by atoms with van der Waals surface area (Å²) in [5.41, 5.74) is 2.07. The number of aliphatic hydroxyl groups is 1. The molecular formula is C28H40O8. The Morgan fingerprint density at radius 1 is 0.972 bits per heavy atom. The number of hydrogen-bond acceptors (Lipinski definition) is 8. The Kier molecular flexibility index (Phi) is 12.4. The molecule has 3 heterocycles. The lowest BCUT2D eigenvalue weighted by Crippen LogP contribution is -2.44. The largest absolute Gasteiger partial charge is 0.511 e. The van der Waals surface area contributed by atoms with Crippen molar-refractivity contribution in [1.82, 2.24) is 0 Å². The Labute approximate surface area is 213 Å². The Bertz CT molecular complexity index is 881. The first-order chi connectivity index (χ1) is 17.1. The van der Waals surface area contributed by atoms with Gasteiger partial charge in [-0.2, -0.15) is 0 Å². The quantitative estimate of drug-likeness (QED) is 0.451. The molecule has 0 amide bonds. The number of hydrogen-bond donors (Lipinski definition) is 1. The van der Waals surface area contributed by atoms with E-state index in [4.69, 9.17) is 14.2 Å². The van der Waals surface area contributed by atoms with Crippen molar-refractivity contribution in [2.24, 2.45) is 11.3 Å². The minimum Gasteiger partial charge on any atom is -0.511 e. The molecule has 0 bridgehead atoms. The van der Waals surface area contributed by atoms with Crippen molar-refractivity contribution in [3.63, 3.8) is 0 Å². The van der Waals surface area contributed by atoms with E-state index in [9.17, 15) is 24.3 Å². The van der Waals surface area contributed by atoms with Crippen LogP contribution < -0.4 is 0 Å². The van der Waals surface area contributed by atoms with Crippen molar-refractivity contribution in [1.29, 1.82) is 0 Å². The van der Waals surface area contributed by atoms with Gasteiger partial charge in [0.25, 0.3) is 0 Å². The molecule has 4 aliphatic rings. The first kappa shape index (κ1) is 29.8. The maximum atomic E-state index is 11.6. The number of rotatable bonds is 4. The number of ketones is 4. The summed E-state index contributed by atoms with van der Waals surface area (Å²) in [4.78, 5) is 44.4. The summed E-state index contributed by atoms with van der Waals surface area (Å²) < 4.78 is 15.5. The second kappa shape index (κ2) is 15.0. The van der Waals surface area contributed by atoms with Crippen molar-refractivity contribution in [2.45, 2.75) is 65.7 Å². The summed E-state index contributed by atoms with van der Waals surface area (Å²) in [5.74, 6) is -0.343. The molecule has 4 rings (SSSR count). The van der Waals surface area contributed by atoms with Gasteiger partial charge in [-0.25, -0.2) is 0 Å². The van der Waals surface area contributed by atoms with Crippen LogP contribution in [0.5, 0.6) is 0 Å². The summed E-state index contributed by atoms with van der Waals surface area (Å²) >= 11 is 0. The number of ether oxygens (including phenoxy) is 3. The minimum absolute atomic E-state index is 0.0642. The van der Waals surface area contributed by atoms with Crippen LogP contribution >= 0.6 is 0 Å². The van der Waals surface area contributed by atoms with Gasteiger partial charge in [0.05, 0.1) is 32.3 Å². The molecule has 200 valence electrons. The van der Waals surface area contributed by atoms with Gasteiger partial charge in [-0.15, -0.1) is 0 Å². The van der Waals surface area contributed by atoms with E-state index < -0.39 is 11.3 Å². The zero-order valence-electron chi connectivity index (χ0n) is 21.8. The average molecular weight is 505 g/mol. The molecule has 1 N–H and O–H groups in total. The molecule has 3 aliphatic heterocycles. The highest BCUT2D eigenvalue weighted by Crippen LogP contribution is 2.47. The molecule has 0 aromatic heterocycles. The fraction of sp³-hybridized carbons (Fsp3) is 0.643. The van der Waals surface area contributed by atoms with E-state index in [2.05, 4.69) is 0 Å². The Balaban J connectivity index is 0.000000200. The van der Waals surface area contributed by atoms with Crippen LogP contribution in [0.4, 0.5) is 0 Å². The van der Waals surface area contributed by atoms with Crippen LogP contribution in [-0.2, 0) is 33.4 Å². The molecule has 1 spiro atoms. The minimum atomic E-state index is -0.519. The van der Waals surface area contributed by atoms with Gasteiger partial charge in [0, 0.05) is 32.1 Å². The van der Waals surface area contributed by atoms with E-state index in [1.165, 1.54) is 24.1 Å². The molecule has 1 aliphatic carbocycles. The van der Waals surface area contributed by atoms with Crippen LogP contribution in [0.2, 0.25) is 0 Å². The molecule has 1 atom stereocenters. The molecule has 36 heavy (non-hydrogen) atoms. The van der Waals surface area contributed by atoms with Crippen LogP contribution in [0.3, 0.4) is 0 Å². The first-order valence-electron chi connectivity index (χ1n) is 12.7. The summed E-state index contributed by atoms with van der Waals surface area (Å²) in [6.45, 7) is 8.81. The van der Waals surface area contributed by atoms with Gasteiger partial charge >= 0.3 is 0 Å². The highest BCUT2D eigenvalue weighted by molar-refractivity contribution is 5.95. The van der Waals surface area contributed by atoms with Gasteiger partial charge in [0.15, 0.2) is 11.6 Å². The molecule has 1 unspecified atom stereocenters. The van der Waals surface area contributed by atoms with Gasteiger partial charge in [-0.3, -0.25) is 19.2 Å². The van der Waals surface area contributed by atoms with E-state index in [0.717, 1.165) is 39.1 Å². The number of carbonyl (C=O) groups excluding carboxylic acids is 4. The number of allylic oxidation sites excluding steroid dienone is 3. The zero-order valence-corrected chi connectivity index (χ0v) is 21.8. The van der Waals surface area contributed by atoms with Crippen LogP contribution in [0.25, 0.3) is 0 Å². The topological polar surface area (TPSA) is 116 Å². The zero-order chi connectivity index (χ0) is 26.6. The highest BCUT2D eigenvalue weighted by atomic mass is 16.5. The third kappa shape index (κ3) is 9.91. The van der Waals surface area contributed by atoms with E-state index >= 15 is 0 Å². The van der Waals surface area contributed by atoms with Gasteiger partial charge in [-0.1, -0.05) is 17.2 Å². The van der Waals surface area contributed by atoms with E-state index in [-0.39, 0.29) is 28.9 Å². The van der Waals surface area contributed by atoms with Gasteiger partial charge in [0.2, 0.25) is 0 Å². The molecule has 2 saturated heterocycles. The SMILES string of the molecule is CC(=O)C1C(O)=CC(=O)CC12CCOCC2.CC(=O)C=C1CCOCC1.CC(=O)CC1=CCOCC1. The molecule has 0 saturated carbocycles.